The highest BCUT2D eigenvalue weighted by Gasteiger charge is 2.47. The molecular weight excluding hydrogens is 536 g/mol. The van der Waals surface area contributed by atoms with Gasteiger partial charge >= 0.3 is 12.2 Å². The molecule has 2 aromatic rings. The minimum Gasteiger partial charge on any atom is -0.445 e. The van der Waals surface area contributed by atoms with Crippen LogP contribution in [0.15, 0.2) is 48.5 Å². The molecule has 0 unspecified atom stereocenters. The number of hydrogen-bond donors (Lipinski definition) is 1. The van der Waals surface area contributed by atoms with E-state index in [0.29, 0.717) is 51.2 Å². The van der Waals surface area contributed by atoms with Crippen molar-refractivity contribution < 1.29 is 33.3 Å². The number of rotatable bonds is 13. The number of ether oxygens (including phenoxy) is 5. The number of hydrogen-bond acceptors (Lipinski definition) is 7. The van der Waals surface area contributed by atoms with E-state index in [1.807, 2.05) is 42.5 Å². The fourth-order valence-corrected chi connectivity index (χ4v) is 6.16. The van der Waals surface area contributed by atoms with Gasteiger partial charge in [0.05, 0.1) is 33.0 Å². The summed E-state index contributed by atoms with van der Waals surface area (Å²) in [6.07, 6.45) is 5.43. The fraction of sp³-hybridized carbons (Fsp3) is 0.576. The summed E-state index contributed by atoms with van der Waals surface area (Å²) in [5.74, 6) is 0.821. The van der Waals surface area contributed by atoms with Crippen LogP contribution in [-0.2, 0) is 37.4 Å². The Bertz CT molecular complexity index is 1140. The zero-order valence-corrected chi connectivity index (χ0v) is 25.3. The maximum absolute atomic E-state index is 13.0. The Labute approximate surface area is 249 Å². The number of benzene rings is 2. The van der Waals surface area contributed by atoms with Gasteiger partial charge in [-0.1, -0.05) is 62.6 Å². The molecule has 0 aliphatic heterocycles. The number of carbonyl (C=O) groups is 2. The van der Waals surface area contributed by atoms with E-state index < -0.39 is 12.2 Å². The molecule has 4 rings (SSSR count). The van der Waals surface area contributed by atoms with Crippen molar-refractivity contribution >= 4 is 12.2 Å². The number of likely N-dealkylation sites (N-methyl/N-ethyl adjacent to an activating group) is 1. The average molecular weight is 583 g/mol. The monoisotopic (exact) mass is 582 g/mol. The Balaban J connectivity index is 1.38. The lowest BCUT2D eigenvalue weighted by molar-refractivity contribution is 0.0214. The molecule has 0 spiro atoms. The Morgan fingerprint density at radius 1 is 0.976 bits per heavy atom. The minimum absolute atomic E-state index is 0.0715. The molecule has 9 nitrogen and oxygen atoms in total. The highest BCUT2D eigenvalue weighted by Crippen LogP contribution is 2.47. The van der Waals surface area contributed by atoms with Crippen LogP contribution in [0.2, 0.25) is 0 Å². The Kier molecular flexibility index (Phi) is 12.0. The zero-order valence-electron chi connectivity index (χ0n) is 25.3. The predicted octanol–water partition coefficient (Wildman–Crippen LogP) is 5.49. The van der Waals surface area contributed by atoms with Gasteiger partial charge in [0.25, 0.3) is 0 Å². The molecule has 42 heavy (non-hydrogen) atoms. The number of nitrogens with one attached hydrogen (secondary N) is 1. The quantitative estimate of drug-likeness (QED) is 0.312. The number of nitrogens with zero attached hydrogens (tertiary/aromatic N) is 1. The lowest BCUT2D eigenvalue weighted by Gasteiger charge is -2.49. The number of fused-ring (bicyclic) bond motifs is 4. The third-order valence-electron chi connectivity index (χ3n) is 8.49. The smallest absolute Gasteiger partial charge is 0.415 e. The number of alkyl carbamates (subject to hydrolysis) is 1. The Hall–Kier alpha value is -3.14. The molecule has 9 heteroatoms. The summed E-state index contributed by atoms with van der Waals surface area (Å²) >= 11 is 0. The van der Waals surface area contributed by atoms with Crippen LogP contribution in [-0.4, -0.2) is 76.9 Å². The van der Waals surface area contributed by atoms with Crippen LogP contribution in [0.1, 0.15) is 55.7 Å². The van der Waals surface area contributed by atoms with Crippen molar-refractivity contribution in [3.8, 4) is 5.75 Å². The zero-order chi connectivity index (χ0) is 29.8. The molecule has 0 aromatic heterocycles. The molecule has 0 radical (unpaired) electrons. The second-order valence-electron chi connectivity index (χ2n) is 11.5. The van der Waals surface area contributed by atoms with Gasteiger partial charge in [-0.3, -0.25) is 0 Å². The number of amides is 2. The third-order valence-corrected chi connectivity index (χ3v) is 8.49. The molecule has 230 valence electrons. The summed E-state index contributed by atoms with van der Waals surface area (Å²) in [7, 11) is 3.33. The maximum Gasteiger partial charge on any atom is 0.415 e. The van der Waals surface area contributed by atoms with Gasteiger partial charge in [-0.2, -0.15) is 0 Å². The minimum atomic E-state index is -0.439. The number of carbonyl (C=O) groups excluding carboxylic acids is 2. The van der Waals surface area contributed by atoms with E-state index in [9.17, 15) is 9.59 Å². The molecule has 2 aromatic carbocycles. The van der Waals surface area contributed by atoms with Crippen molar-refractivity contribution in [1.82, 2.24) is 10.2 Å². The van der Waals surface area contributed by atoms with E-state index >= 15 is 0 Å². The van der Waals surface area contributed by atoms with Crippen LogP contribution in [0.25, 0.3) is 0 Å². The average Bonchev–Trinajstić information content (AvgIpc) is 2.99. The van der Waals surface area contributed by atoms with Crippen LogP contribution in [0, 0.1) is 5.92 Å². The van der Waals surface area contributed by atoms with E-state index in [2.05, 4.69) is 18.3 Å². The first-order chi connectivity index (χ1) is 20.4. The molecule has 2 aliphatic rings. The van der Waals surface area contributed by atoms with Gasteiger partial charge in [-0.15, -0.1) is 0 Å². The highest BCUT2D eigenvalue weighted by molar-refractivity contribution is 5.71. The molecular formula is C33H46N2O7. The first-order valence-electron chi connectivity index (χ1n) is 15.1. The molecule has 1 saturated carbocycles. The van der Waals surface area contributed by atoms with Crippen molar-refractivity contribution in [3.05, 3.63) is 65.2 Å². The van der Waals surface area contributed by atoms with Crippen molar-refractivity contribution in [2.75, 3.05) is 53.7 Å². The normalized spacial score (nSPS) is 21.4. The van der Waals surface area contributed by atoms with Gasteiger partial charge in [0.15, 0.2) is 0 Å². The van der Waals surface area contributed by atoms with E-state index in [4.69, 9.17) is 23.7 Å². The topological polar surface area (TPSA) is 95.6 Å². The molecule has 2 aliphatic carbocycles. The third kappa shape index (κ3) is 8.69. The molecule has 3 atom stereocenters. The summed E-state index contributed by atoms with van der Waals surface area (Å²) in [6.45, 7) is 5.27. The van der Waals surface area contributed by atoms with E-state index in [-0.39, 0.29) is 18.1 Å². The molecule has 2 amide bonds. The summed E-state index contributed by atoms with van der Waals surface area (Å²) in [5, 5.41) is 3.26. The second kappa shape index (κ2) is 15.9. The van der Waals surface area contributed by atoms with Crippen molar-refractivity contribution in [2.45, 2.75) is 63.5 Å². The summed E-state index contributed by atoms with van der Waals surface area (Å²) in [6, 6.07) is 15.6. The van der Waals surface area contributed by atoms with Crippen molar-refractivity contribution in [2.24, 2.45) is 5.92 Å². The Morgan fingerprint density at radius 2 is 1.74 bits per heavy atom. The fourth-order valence-electron chi connectivity index (χ4n) is 6.16. The van der Waals surface area contributed by atoms with Crippen LogP contribution in [0.3, 0.4) is 0 Å². The lowest BCUT2D eigenvalue weighted by atomic mass is 9.59. The van der Waals surface area contributed by atoms with Crippen LogP contribution >= 0.6 is 0 Å². The molecule has 2 bridgehead atoms. The van der Waals surface area contributed by atoms with Gasteiger partial charge in [-0.25, -0.2) is 9.59 Å². The van der Waals surface area contributed by atoms with Crippen LogP contribution < -0.4 is 10.1 Å². The SMILES string of the molecule is COCCOCCOCCN(C)C(=O)Oc1ccc2c(c1)[C@@]1(C)CCCCC[C@@H](C2)[C@@H]1NC(=O)OCc1ccccc1. The van der Waals surface area contributed by atoms with Crippen LogP contribution in [0.5, 0.6) is 5.75 Å². The standard InChI is InChI=1S/C33H46N2O7/c1-33-15-9-5-8-12-27(30(33)34-31(36)41-24-25-10-6-4-7-11-25)22-26-13-14-28(23-29(26)33)42-32(37)35(2)16-17-39-20-21-40-19-18-38-3/h4,6-7,10-11,13-14,23,27,30H,5,8-9,12,15-22,24H2,1-3H3,(H,34,36)/t27-,30-,33+/m0/s1. The molecule has 0 saturated heterocycles. The molecule has 0 heterocycles. The summed E-state index contributed by atoms with van der Waals surface area (Å²) in [5.41, 5.74) is 3.04. The van der Waals surface area contributed by atoms with Crippen LogP contribution in [0.4, 0.5) is 9.59 Å². The van der Waals surface area contributed by atoms with E-state index in [1.165, 1.54) is 16.9 Å². The molecule has 1 fully saturated rings. The molecule has 1 N–H and O–H groups in total. The first-order valence-corrected chi connectivity index (χ1v) is 15.1. The first kappa shape index (κ1) is 31.8. The summed E-state index contributed by atoms with van der Waals surface area (Å²) in [4.78, 5) is 27.4. The van der Waals surface area contributed by atoms with Gasteiger partial charge in [0.1, 0.15) is 12.4 Å². The van der Waals surface area contributed by atoms with E-state index in [0.717, 1.165) is 43.2 Å². The number of methoxy groups -OCH3 is 1. The summed E-state index contributed by atoms with van der Waals surface area (Å²) < 4.78 is 27.3. The highest BCUT2D eigenvalue weighted by atomic mass is 16.6. The maximum atomic E-state index is 13.0. The predicted molar refractivity (Wildman–Crippen MR) is 160 cm³/mol. The van der Waals surface area contributed by atoms with Crippen molar-refractivity contribution in [1.29, 1.82) is 0 Å². The largest absolute Gasteiger partial charge is 0.445 e. The lowest BCUT2D eigenvalue weighted by Crippen LogP contribution is -2.57. The van der Waals surface area contributed by atoms with Gasteiger partial charge < -0.3 is 33.9 Å². The Morgan fingerprint density at radius 3 is 2.52 bits per heavy atom. The van der Waals surface area contributed by atoms with Gasteiger partial charge in [-0.05, 0) is 54.0 Å². The van der Waals surface area contributed by atoms with E-state index in [1.54, 1.807) is 14.2 Å². The van der Waals surface area contributed by atoms with Crippen molar-refractivity contribution in [3.63, 3.8) is 0 Å². The van der Waals surface area contributed by atoms with Gasteiger partial charge in [0.2, 0.25) is 0 Å². The van der Waals surface area contributed by atoms with Gasteiger partial charge in [0, 0.05) is 32.2 Å². The second-order valence-corrected chi connectivity index (χ2v) is 11.5.